The first-order valence-electron chi connectivity index (χ1n) is 11.0. The minimum atomic E-state index is -4.01. The second-order valence-electron chi connectivity index (χ2n) is 9.70. The molecule has 31 heavy (non-hydrogen) atoms. The Bertz CT molecular complexity index is 1090. The predicted molar refractivity (Wildman–Crippen MR) is 117 cm³/mol. The highest BCUT2D eigenvalue weighted by molar-refractivity contribution is 7.84. The van der Waals surface area contributed by atoms with Crippen molar-refractivity contribution in [3.05, 3.63) is 59.7 Å². The van der Waals surface area contributed by atoms with E-state index in [4.69, 9.17) is 9.32 Å². The highest BCUT2D eigenvalue weighted by atomic mass is 32.2. The molecule has 7 heteroatoms. The maximum atomic E-state index is 13.4. The van der Waals surface area contributed by atoms with E-state index in [9.17, 15) is 13.2 Å². The standard InChI is InChI=1S/C24H28N2O4S/c1-24-9-6-20-19-5-3-18(30-31(25,28)29)13-16(19)2-4-21(20)22(24)14-17(23(24)27)12-15-7-10-26-11-8-15/h3,5,7-8,10-13,16,19-22H,2,4,6,9,14H2,1H3,(H2,25,28,29). The van der Waals surface area contributed by atoms with E-state index in [-0.39, 0.29) is 11.3 Å². The summed E-state index contributed by atoms with van der Waals surface area (Å²) in [6.07, 6.45) is 16.1. The van der Waals surface area contributed by atoms with Crippen LogP contribution < -0.4 is 5.14 Å². The fraction of sp³-hybridized carbons (Fsp3) is 0.500. The quantitative estimate of drug-likeness (QED) is 0.721. The van der Waals surface area contributed by atoms with Gasteiger partial charge in [0.05, 0.1) is 0 Å². The lowest BCUT2D eigenvalue weighted by Gasteiger charge is -2.52. The Labute approximate surface area is 183 Å². The normalized spacial score (nSPS) is 38.3. The molecule has 6 atom stereocenters. The van der Waals surface area contributed by atoms with Crippen molar-refractivity contribution in [2.24, 2.45) is 40.1 Å². The number of hydrogen-bond donors (Lipinski definition) is 1. The monoisotopic (exact) mass is 440 g/mol. The minimum Gasteiger partial charge on any atom is -0.371 e. The lowest BCUT2D eigenvalue weighted by Crippen LogP contribution is -2.47. The van der Waals surface area contributed by atoms with E-state index in [2.05, 4.69) is 18.0 Å². The third kappa shape index (κ3) is 3.68. The number of fused-ring (bicyclic) bond motifs is 5. The Hall–Kier alpha value is -2.25. The Morgan fingerprint density at radius 2 is 1.97 bits per heavy atom. The van der Waals surface area contributed by atoms with Crippen LogP contribution in [0.2, 0.25) is 0 Å². The van der Waals surface area contributed by atoms with E-state index in [0.717, 1.165) is 43.2 Å². The average molecular weight is 441 g/mol. The third-order valence-corrected chi connectivity index (χ3v) is 8.50. The molecule has 3 saturated carbocycles. The number of aromatic nitrogens is 1. The minimum absolute atomic E-state index is 0.260. The largest absolute Gasteiger partial charge is 0.380 e. The summed E-state index contributed by atoms with van der Waals surface area (Å²) in [4.78, 5) is 17.5. The summed E-state index contributed by atoms with van der Waals surface area (Å²) in [5.74, 6) is 2.64. The summed E-state index contributed by atoms with van der Waals surface area (Å²) in [5.41, 5.74) is 1.70. The molecule has 2 N–H and O–H groups in total. The molecule has 0 amide bonds. The first kappa shape index (κ1) is 20.6. The number of ketones is 1. The summed E-state index contributed by atoms with van der Waals surface area (Å²) in [6, 6.07) is 3.89. The highest BCUT2D eigenvalue weighted by Crippen LogP contribution is 2.61. The molecule has 4 aliphatic rings. The number of carbonyl (C=O) groups excluding carboxylic acids is 1. The lowest BCUT2D eigenvalue weighted by atomic mass is 9.52. The zero-order chi connectivity index (χ0) is 21.8. The number of nitrogens with two attached hydrogens (primary N) is 1. The van der Waals surface area contributed by atoms with Crippen molar-refractivity contribution in [3.8, 4) is 0 Å². The Morgan fingerprint density at radius 3 is 2.71 bits per heavy atom. The zero-order valence-electron chi connectivity index (χ0n) is 17.6. The molecule has 0 aromatic carbocycles. The SMILES string of the molecule is CC12CCC3C4C=CC(OS(N)(=O)=O)=CC4CCC3C1CC(=Cc1ccncc1)C2=O. The molecule has 164 valence electrons. The molecule has 3 fully saturated rings. The molecular formula is C24H28N2O4S. The van der Waals surface area contributed by atoms with Gasteiger partial charge in [0.2, 0.25) is 0 Å². The number of pyridine rings is 1. The molecule has 0 aliphatic heterocycles. The van der Waals surface area contributed by atoms with Gasteiger partial charge in [-0.15, -0.1) is 0 Å². The van der Waals surface area contributed by atoms with Gasteiger partial charge in [0.25, 0.3) is 0 Å². The summed E-state index contributed by atoms with van der Waals surface area (Å²) < 4.78 is 27.5. The molecule has 1 aromatic rings. The van der Waals surface area contributed by atoms with Gasteiger partial charge >= 0.3 is 10.3 Å². The average Bonchev–Trinajstić information content (AvgIpc) is 2.98. The van der Waals surface area contributed by atoms with Gasteiger partial charge in [0.1, 0.15) is 5.76 Å². The molecule has 4 aliphatic carbocycles. The topological polar surface area (TPSA) is 99.3 Å². The first-order chi connectivity index (χ1) is 14.7. The van der Waals surface area contributed by atoms with E-state index in [0.29, 0.717) is 35.2 Å². The number of allylic oxidation sites excluding steroid dienone is 4. The van der Waals surface area contributed by atoms with E-state index < -0.39 is 10.3 Å². The van der Waals surface area contributed by atoms with Crippen molar-refractivity contribution in [3.63, 3.8) is 0 Å². The van der Waals surface area contributed by atoms with Crippen LogP contribution in [-0.4, -0.2) is 19.2 Å². The van der Waals surface area contributed by atoms with Crippen molar-refractivity contribution in [1.82, 2.24) is 4.98 Å². The molecule has 1 aromatic heterocycles. The van der Waals surface area contributed by atoms with Crippen LogP contribution in [0.1, 0.15) is 44.6 Å². The van der Waals surface area contributed by atoms with Crippen LogP contribution in [0.15, 0.2) is 54.1 Å². The Balaban J connectivity index is 1.38. The fourth-order valence-corrected chi connectivity index (χ4v) is 7.09. The van der Waals surface area contributed by atoms with Crippen LogP contribution >= 0.6 is 0 Å². The van der Waals surface area contributed by atoms with E-state index in [1.165, 1.54) is 0 Å². The van der Waals surface area contributed by atoms with Gasteiger partial charge in [0, 0.05) is 17.8 Å². The van der Waals surface area contributed by atoms with Gasteiger partial charge in [-0.05, 0) is 103 Å². The molecule has 0 saturated heterocycles. The van der Waals surface area contributed by atoms with Gasteiger partial charge in [-0.25, -0.2) is 0 Å². The van der Waals surface area contributed by atoms with Gasteiger partial charge < -0.3 is 4.18 Å². The van der Waals surface area contributed by atoms with Crippen LogP contribution in [0, 0.1) is 35.0 Å². The molecule has 6 nitrogen and oxygen atoms in total. The van der Waals surface area contributed by atoms with Gasteiger partial charge in [0.15, 0.2) is 5.78 Å². The molecule has 6 unspecified atom stereocenters. The first-order valence-corrected chi connectivity index (χ1v) is 12.5. The van der Waals surface area contributed by atoms with Crippen LogP contribution in [0.4, 0.5) is 0 Å². The number of Topliss-reactive ketones (excluding diaryl/α,β-unsaturated/α-hetero) is 1. The van der Waals surface area contributed by atoms with E-state index >= 15 is 0 Å². The maximum absolute atomic E-state index is 13.4. The summed E-state index contributed by atoms with van der Waals surface area (Å²) >= 11 is 0. The number of rotatable bonds is 3. The Kier molecular flexibility index (Phi) is 4.94. The van der Waals surface area contributed by atoms with Crippen LogP contribution in [0.5, 0.6) is 0 Å². The molecule has 1 heterocycles. The van der Waals surface area contributed by atoms with Gasteiger partial charge in [-0.1, -0.05) is 13.0 Å². The smallest absolute Gasteiger partial charge is 0.371 e. The van der Waals surface area contributed by atoms with Crippen LogP contribution in [-0.2, 0) is 19.3 Å². The second-order valence-corrected chi connectivity index (χ2v) is 10.8. The summed E-state index contributed by atoms with van der Waals surface area (Å²) in [5, 5.41) is 5.03. The molecule has 0 radical (unpaired) electrons. The van der Waals surface area contributed by atoms with Crippen molar-refractivity contribution in [2.45, 2.75) is 39.0 Å². The van der Waals surface area contributed by atoms with Gasteiger partial charge in [-0.3, -0.25) is 9.78 Å². The fourth-order valence-electron chi connectivity index (χ4n) is 6.71. The number of hydrogen-bond acceptors (Lipinski definition) is 5. The lowest BCUT2D eigenvalue weighted by molar-refractivity contribution is -0.129. The number of nitrogens with zero attached hydrogens (tertiary/aromatic N) is 1. The predicted octanol–water partition coefficient (Wildman–Crippen LogP) is 3.79. The van der Waals surface area contributed by atoms with Crippen molar-refractivity contribution in [2.75, 3.05) is 0 Å². The van der Waals surface area contributed by atoms with E-state index in [1.807, 2.05) is 24.3 Å². The highest BCUT2D eigenvalue weighted by Gasteiger charge is 2.57. The molecular weight excluding hydrogens is 412 g/mol. The van der Waals surface area contributed by atoms with Crippen LogP contribution in [0.25, 0.3) is 6.08 Å². The van der Waals surface area contributed by atoms with Crippen molar-refractivity contribution >= 4 is 22.2 Å². The Morgan fingerprint density at radius 1 is 1.19 bits per heavy atom. The summed E-state index contributed by atoms with van der Waals surface area (Å²) in [7, 11) is -4.01. The zero-order valence-corrected chi connectivity index (χ0v) is 18.4. The summed E-state index contributed by atoms with van der Waals surface area (Å²) in [6.45, 7) is 2.17. The maximum Gasteiger partial charge on any atom is 0.380 e. The van der Waals surface area contributed by atoms with E-state index in [1.54, 1.807) is 18.5 Å². The van der Waals surface area contributed by atoms with Crippen LogP contribution in [0.3, 0.4) is 0 Å². The molecule has 5 rings (SSSR count). The van der Waals surface area contributed by atoms with Gasteiger partial charge in [-0.2, -0.15) is 13.6 Å². The van der Waals surface area contributed by atoms with Crippen molar-refractivity contribution in [1.29, 1.82) is 0 Å². The number of carbonyl (C=O) groups is 1. The second kappa shape index (κ2) is 7.41. The molecule has 0 bridgehead atoms. The third-order valence-electron chi connectivity index (χ3n) is 8.07. The molecule has 0 spiro atoms. The van der Waals surface area contributed by atoms with Crippen molar-refractivity contribution < 1.29 is 17.4 Å².